The second-order valence-corrected chi connectivity index (χ2v) is 9.73. The maximum Gasteiger partial charge on any atom is 0.327 e. The molecule has 2 N–H and O–H groups in total. The number of rotatable bonds is 4. The number of carbonyl (C=O) groups is 3. The Morgan fingerprint density at radius 2 is 2.06 bits per heavy atom. The van der Waals surface area contributed by atoms with E-state index in [-0.39, 0.29) is 23.9 Å². The van der Waals surface area contributed by atoms with Crippen molar-refractivity contribution in [3.63, 3.8) is 0 Å². The number of pyridine rings is 1. The number of anilines is 2. The van der Waals surface area contributed by atoms with Crippen LogP contribution in [0.2, 0.25) is 5.02 Å². The van der Waals surface area contributed by atoms with Crippen molar-refractivity contribution in [2.24, 2.45) is 0 Å². The van der Waals surface area contributed by atoms with Crippen LogP contribution in [0.3, 0.4) is 0 Å². The van der Waals surface area contributed by atoms with Crippen LogP contribution >= 0.6 is 23.4 Å². The number of nitrogens with zero attached hydrogens (tertiary/aromatic N) is 3. The monoisotopic (exact) mass is 483 g/mol. The molecule has 0 saturated carbocycles. The summed E-state index contributed by atoms with van der Waals surface area (Å²) in [6, 6.07) is 7.87. The van der Waals surface area contributed by atoms with Gasteiger partial charge in [0.1, 0.15) is 10.3 Å². The van der Waals surface area contributed by atoms with Crippen molar-refractivity contribution in [2.75, 3.05) is 18.0 Å². The van der Waals surface area contributed by atoms with Gasteiger partial charge in [0.15, 0.2) is 0 Å². The molecule has 3 atom stereocenters. The number of benzene rings is 1. The van der Waals surface area contributed by atoms with E-state index in [9.17, 15) is 14.4 Å². The summed E-state index contributed by atoms with van der Waals surface area (Å²) < 4.78 is 0. The van der Waals surface area contributed by atoms with E-state index in [4.69, 9.17) is 11.6 Å². The standard InChI is InChI=1S/C23H22ClN5O3S/c1-2-17(30)28-11-3-4-14(12-28)26-21(31)20-19-18-16(9-10-25-22(18)33-20)29(23(32)27-19)15-7-5-13(24)6-8-15/h2,5-10,14,19-20H,1,3-4,11-12H2,(H,26,31)(H,27,32)/t14?,19?,20-/m1/s1. The summed E-state index contributed by atoms with van der Waals surface area (Å²) in [5.74, 6) is -0.306. The molecule has 8 nitrogen and oxygen atoms in total. The summed E-state index contributed by atoms with van der Waals surface area (Å²) in [7, 11) is 0. The van der Waals surface area contributed by atoms with E-state index < -0.39 is 11.3 Å². The molecule has 33 heavy (non-hydrogen) atoms. The Morgan fingerprint density at radius 1 is 1.27 bits per heavy atom. The summed E-state index contributed by atoms with van der Waals surface area (Å²) in [6.45, 7) is 4.65. The van der Waals surface area contributed by atoms with Crippen molar-refractivity contribution >= 4 is 52.6 Å². The van der Waals surface area contributed by atoms with Gasteiger partial charge in [-0.15, -0.1) is 0 Å². The second-order valence-electron chi connectivity index (χ2n) is 8.16. The number of amides is 4. The molecule has 4 amide bonds. The van der Waals surface area contributed by atoms with E-state index in [1.165, 1.54) is 17.8 Å². The second kappa shape index (κ2) is 8.72. The van der Waals surface area contributed by atoms with E-state index in [2.05, 4.69) is 22.2 Å². The van der Waals surface area contributed by atoms with Gasteiger partial charge in [-0.25, -0.2) is 9.78 Å². The minimum Gasteiger partial charge on any atom is -0.351 e. The van der Waals surface area contributed by atoms with E-state index >= 15 is 0 Å². The molecule has 4 heterocycles. The number of urea groups is 1. The Kier molecular flexibility index (Phi) is 5.76. The highest BCUT2D eigenvalue weighted by molar-refractivity contribution is 8.01. The Balaban J connectivity index is 1.38. The van der Waals surface area contributed by atoms with Crippen molar-refractivity contribution in [1.29, 1.82) is 0 Å². The first-order valence-corrected chi connectivity index (χ1v) is 12.0. The van der Waals surface area contributed by atoms with Gasteiger partial charge in [0.05, 0.1) is 17.4 Å². The van der Waals surface area contributed by atoms with Gasteiger partial charge in [-0.05, 0) is 49.2 Å². The highest BCUT2D eigenvalue weighted by atomic mass is 35.5. The minimum atomic E-state index is -0.546. The number of piperidine rings is 1. The van der Waals surface area contributed by atoms with Gasteiger partial charge in [-0.1, -0.05) is 29.9 Å². The smallest absolute Gasteiger partial charge is 0.327 e. The molecule has 2 unspecified atom stereocenters. The van der Waals surface area contributed by atoms with Crippen LogP contribution in [0.25, 0.3) is 0 Å². The summed E-state index contributed by atoms with van der Waals surface area (Å²) >= 11 is 7.36. The number of hydrogen-bond acceptors (Lipinski definition) is 5. The molecule has 0 aliphatic carbocycles. The van der Waals surface area contributed by atoms with Gasteiger partial charge < -0.3 is 15.5 Å². The summed E-state index contributed by atoms with van der Waals surface area (Å²) in [6.07, 6.45) is 4.55. The SMILES string of the molecule is C=CC(=O)N1CCCC(NC(=O)[C@@H]2Sc3nccc4c3C2NC(=O)N4c2ccc(Cl)cc2)C1. The molecule has 0 radical (unpaired) electrons. The van der Waals surface area contributed by atoms with E-state index in [0.29, 0.717) is 29.5 Å². The first kappa shape index (κ1) is 21.8. The zero-order chi connectivity index (χ0) is 23.1. The van der Waals surface area contributed by atoms with Gasteiger partial charge in [0, 0.05) is 35.9 Å². The number of carbonyl (C=O) groups excluding carboxylic acids is 3. The van der Waals surface area contributed by atoms with Crippen LogP contribution in [0.5, 0.6) is 0 Å². The van der Waals surface area contributed by atoms with Crippen LogP contribution in [0.15, 0.2) is 54.2 Å². The maximum absolute atomic E-state index is 13.3. The fourth-order valence-electron chi connectivity index (χ4n) is 4.58. The summed E-state index contributed by atoms with van der Waals surface area (Å²) in [5, 5.41) is 6.84. The van der Waals surface area contributed by atoms with Crippen LogP contribution in [0.4, 0.5) is 16.2 Å². The molecule has 0 spiro atoms. The van der Waals surface area contributed by atoms with Crippen LogP contribution in [0, 0.1) is 0 Å². The Hall–Kier alpha value is -3.04. The third kappa shape index (κ3) is 3.95. The van der Waals surface area contributed by atoms with Gasteiger partial charge in [0.2, 0.25) is 11.8 Å². The first-order chi connectivity index (χ1) is 16.0. The average Bonchev–Trinajstić information content (AvgIpc) is 3.19. The predicted molar refractivity (Wildman–Crippen MR) is 127 cm³/mol. The summed E-state index contributed by atoms with van der Waals surface area (Å²) in [5.41, 5.74) is 2.22. The number of aromatic nitrogens is 1. The first-order valence-electron chi connectivity index (χ1n) is 10.7. The molecule has 5 rings (SSSR count). The molecule has 3 aliphatic rings. The van der Waals surface area contributed by atoms with Gasteiger partial charge >= 0.3 is 6.03 Å². The molecular weight excluding hydrogens is 462 g/mol. The van der Waals surface area contributed by atoms with Crippen molar-refractivity contribution < 1.29 is 14.4 Å². The van der Waals surface area contributed by atoms with Crippen LogP contribution in [0.1, 0.15) is 24.4 Å². The van der Waals surface area contributed by atoms with Crippen molar-refractivity contribution in [3.8, 4) is 0 Å². The lowest BCUT2D eigenvalue weighted by Crippen LogP contribution is -2.53. The van der Waals surface area contributed by atoms with Crippen molar-refractivity contribution in [1.82, 2.24) is 20.5 Å². The molecular formula is C23H22ClN5O3S. The molecule has 2 aromatic rings. The third-order valence-electron chi connectivity index (χ3n) is 6.10. The molecule has 170 valence electrons. The fourth-order valence-corrected chi connectivity index (χ4v) is 5.94. The average molecular weight is 484 g/mol. The molecule has 1 aromatic heterocycles. The van der Waals surface area contributed by atoms with Gasteiger partial charge in [-0.2, -0.15) is 0 Å². The van der Waals surface area contributed by atoms with Crippen LogP contribution < -0.4 is 15.5 Å². The Bertz CT molecular complexity index is 1140. The van der Waals surface area contributed by atoms with Crippen LogP contribution in [-0.4, -0.2) is 52.1 Å². The molecule has 0 bridgehead atoms. The lowest BCUT2D eigenvalue weighted by atomic mass is 9.99. The molecule has 1 fully saturated rings. The van der Waals surface area contributed by atoms with Crippen molar-refractivity contribution in [3.05, 3.63) is 59.8 Å². The molecule has 1 saturated heterocycles. The number of nitrogens with one attached hydrogen (secondary N) is 2. The molecule has 10 heteroatoms. The lowest BCUT2D eigenvalue weighted by molar-refractivity contribution is -0.129. The third-order valence-corrected chi connectivity index (χ3v) is 7.64. The Labute approximate surface area is 200 Å². The van der Waals surface area contributed by atoms with E-state index in [0.717, 1.165) is 23.4 Å². The zero-order valence-electron chi connectivity index (χ0n) is 17.7. The summed E-state index contributed by atoms with van der Waals surface area (Å²) in [4.78, 5) is 46.1. The highest BCUT2D eigenvalue weighted by Gasteiger charge is 2.47. The topological polar surface area (TPSA) is 94.6 Å². The number of thioether (sulfide) groups is 1. The van der Waals surface area contributed by atoms with Crippen molar-refractivity contribution in [2.45, 2.75) is 35.2 Å². The Morgan fingerprint density at radius 3 is 2.82 bits per heavy atom. The lowest BCUT2D eigenvalue weighted by Gasteiger charge is -2.35. The normalized spacial score (nSPS) is 23.5. The largest absolute Gasteiger partial charge is 0.351 e. The predicted octanol–water partition coefficient (Wildman–Crippen LogP) is 3.40. The maximum atomic E-state index is 13.3. The van der Waals surface area contributed by atoms with Crippen LogP contribution in [-0.2, 0) is 9.59 Å². The van der Waals surface area contributed by atoms with E-state index in [1.807, 2.05) is 0 Å². The van der Waals surface area contributed by atoms with Gasteiger partial charge in [-0.3, -0.25) is 14.5 Å². The number of likely N-dealkylation sites (tertiary alicyclic amines) is 1. The zero-order valence-corrected chi connectivity index (χ0v) is 19.2. The molecule has 1 aromatic carbocycles. The van der Waals surface area contributed by atoms with Gasteiger partial charge in [0.25, 0.3) is 0 Å². The van der Waals surface area contributed by atoms with E-state index in [1.54, 1.807) is 46.3 Å². The highest BCUT2D eigenvalue weighted by Crippen LogP contribution is 2.50. The fraction of sp³-hybridized carbons (Fsp3) is 0.304. The number of halogens is 1. The minimum absolute atomic E-state index is 0.132. The quantitative estimate of drug-likeness (QED) is 0.650. The molecule has 3 aliphatic heterocycles. The number of hydrogen-bond donors (Lipinski definition) is 2.